The van der Waals surface area contributed by atoms with Gasteiger partial charge in [0.1, 0.15) is 0 Å². The van der Waals surface area contributed by atoms with Crippen LogP contribution in [0.2, 0.25) is 0 Å². The van der Waals surface area contributed by atoms with Gasteiger partial charge in [0.25, 0.3) is 0 Å². The van der Waals surface area contributed by atoms with Gasteiger partial charge in [-0.1, -0.05) is 5.21 Å². The van der Waals surface area contributed by atoms with Gasteiger partial charge in [-0.25, -0.2) is 19.1 Å². The Bertz CT molecular complexity index is 748. The van der Waals surface area contributed by atoms with Crippen molar-refractivity contribution < 1.29 is 23.9 Å². The minimum atomic E-state index is -0.815. The number of carbonyl (C=O) groups excluding carboxylic acids is 3. The third-order valence-electron chi connectivity index (χ3n) is 2.87. The van der Waals surface area contributed by atoms with Crippen LogP contribution in [-0.4, -0.2) is 39.5 Å². The Morgan fingerprint density at radius 2 is 1.95 bits per heavy atom. The molecule has 0 saturated heterocycles. The molecule has 2 heterocycles. The SMILES string of the molecule is CCOC(=O)c1ccc(-n2nnc3c2C(=O)OC3=O)cc1. The Morgan fingerprint density at radius 3 is 2.62 bits per heavy atom. The number of esters is 3. The third kappa shape index (κ3) is 2.06. The molecule has 0 spiro atoms. The number of fused-ring (bicyclic) bond motifs is 1. The second-order valence-electron chi connectivity index (χ2n) is 4.14. The lowest BCUT2D eigenvalue weighted by atomic mass is 10.2. The molecule has 1 aromatic heterocycles. The van der Waals surface area contributed by atoms with Gasteiger partial charge in [-0.2, -0.15) is 0 Å². The highest BCUT2D eigenvalue weighted by Gasteiger charge is 2.37. The number of cyclic esters (lactones) is 2. The fourth-order valence-corrected chi connectivity index (χ4v) is 1.92. The van der Waals surface area contributed by atoms with Gasteiger partial charge < -0.3 is 9.47 Å². The number of ether oxygens (including phenoxy) is 2. The zero-order chi connectivity index (χ0) is 15.0. The van der Waals surface area contributed by atoms with Gasteiger partial charge in [-0.05, 0) is 31.2 Å². The number of carbonyl (C=O) groups is 3. The Hall–Kier alpha value is -3.03. The summed E-state index contributed by atoms with van der Waals surface area (Å²) in [4.78, 5) is 34.4. The molecule has 0 atom stereocenters. The van der Waals surface area contributed by atoms with Gasteiger partial charge in [-0.15, -0.1) is 5.10 Å². The predicted octanol–water partition coefficient (Wildman–Crippen LogP) is 0.755. The van der Waals surface area contributed by atoms with E-state index in [2.05, 4.69) is 15.0 Å². The van der Waals surface area contributed by atoms with Crippen molar-refractivity contribution >= 4 is 17.9 Å². The lowest BCUT2D eigenvalue weighted by Gasteiger charge is -2.04. The molecule has 3 rings (SSSR count). The Labute approximate surface area is 118 Å². The minimum absolute atomic E-state index is 0.0242. The molecule has 8 nitrogen and oxygen atoms in total. The first kappa shape index (κ1) is 13.0. The summed E-state index contributed by atoms with van der Waals surface area (Å²) in [6.45, 7) is 2.00. The van der Waals surface area contributed by atoms with E-state index >= 15 is 0 Å². The van der Waals surface area contributed by atoms with E-state index < -0.39 is 17.9 Å². The normalized spacial score (nSPS) is 13.0. The first-order chi connectivity index (χ1) is 10.1. The molecule has 0 N–H and O–H groups in total. The lowest BCUT2D eigenvalue weighted by molar-refractivity contribution is 0.0432. The molecule has 21 heavy (non-hydrogen) atoms. The van der Waals surface area contributed by atoms with Gasteiger partial charge in [0, 0.05) is 0 Å². The largest absolute Gasteiger partial charge is 0.462 e. The Kier molecular flexibility index (Phi) is 2.98. The standard InChI is InChI=1S/C13H9N3O5/c1-2-20-11(17)7-3-5-8(6-4-7)16-10-9(14-15-16)12(18)21-13(10)19/h3-6H,2H2,1H3. The third-order valence-corrected chi connectivity index (χ3v) is 2.87. The molecule has 0 fully saturated rings. The summed E-state index contributed by atoms with van der Waals surface area (Å²) in [6.07, 6.45) is 0. The molecule has 0 unspecified atom stereocenters. The minimum Gasteiger partial charge on any atom is -0.462 e. The van der Waals surface area contributed by atoms with Gasteiger partial charge >= 0.3 is 17.9 Å². The molecule has 1 aliphatic heterocycles. The van der Waals surface area contributed by atoms with E-state index in [0.717, 1.165) is 0 Å². The first-order valence-electron chi connectivity index (χ1n) is 6.11. The maximum Gasteiger partial charge on any atom is 0.369 e. The van der Waals surface area contributed by atoms with Crippen molar-refractivity contribution in [2.24, 2.45) is 0 Å². The van der Waals surface area contributed by atoms with Crippen LogP contribution in [0.3, 0.4) is 0 Å². The van der Waals surface area contributed by atoms with Crippen molar-refractivity contribution in [3.05, 3.63) is 41.2 Å². The molecular weight excluding hydrogens is 278 g/mol. The van der Waals surface area contributed by atoms with Crippen LogP contribution in [0.1, 0.15) is 38.3 Å². The number of benzene rings is 1. The number of hydrogen-bond acceptors (Lipinski definition) is 7. The van der Waals surface area contributed by atoms with E-state index in [1.54, 1.807) is 19.1 Å². The highest BCUT2D eigenvalue weighted by molar-refractivity contribution is 6.12. The van der Waals surface area contributed by atoms with E-state index in [0.29, 0.717) is 11.3 Å². The predicted molar refractivity (Wildman–Crippen MR) is 67.1 cm³/mol. The molecule has 106 valence electrons. The average molecular weight is 287 g/mol. The molecule has 0 amide bonds. The molecule has 1 aliphatic rings. The fourth-order valence-electron chi connectivity index (χ4n) is 1.92. The fraction of sp³-hybridized carbons (Fsp3) is 0.154. The summed E-state index contributed by atoms with van der Waals surface area (Å²) in [5.41, 5.74) is 0.706. The van der Waals surface area contributed by atoms with E-state index in [1.165, 1.54) is 16.8 Å². The highest BCUT2D eigenvalue weighted by atomic mass is 16.6. The summed E-state index contributed by atoms with van der Waals surface area (Å²) in [7, 11) is 0. The number of hydrogen-bond donors (Lipinski definition) is 0. The second-order valence-corrected chi connectivity index (χ2v) is 4.14. The van der Waals surface area contributed by atoms with E-state index in [9.17, 15) is 14.4 Å². The topological polar surface area (TPSA) is 100 Å². The van der Waals surface area contributed by atoms with Gasteiger partial charge in [-0.3, -0.25) is 0 Å². The Morgan fingerprint density at radius 1 is 1.24 bits per heavy atom. The van der Waals surface area contributed by atoms with Crippen molar-refractivity contribution in [1.82, 2.24) is 15.0 Å². The van der Waals surface area contributed by atoms with Crippen molar-refractivity contribution in [1.29, 1.82) is 0 Å². The molecule has 0 aliphatic carbocycles. The molecule has 1 aromatic carbocycles. The van der Waals surface area contributed by atoms with Crippen molar-refractivity contribution in [2.45, 2.75) is 6.92 Å². The molecule has 8 heteroatoms. The lowest BCUT2D eigenvalue weighted by Crippen LogP contribution is -2.09. The summed E-state index contributed by atoms with van der Waals surface area (Å²) in [6, 6.07) is 6.20. The highest BCUT2D eigenvalue weighted by Crippen LogP contribution is 2.20. The van der Waals surface area contributed by atoms with Crippen LogP contribution < -0.4 is 0 Å². The van der Waals surface area contributed by atoms with Crippen LogP contribution >= 0.6 is 0 Å². The molecule has 2 aromatic rings. The van der Waals surface area contributed by atoms with Gasteiger partial charge in [0.05, 0.1) is 17.9 Å². The van der Waals surface area contributed by atoms with Crippen LogP contribution in [0, 0.1) is 0 Å². The van der Waals surface area contributed by atoms with Crippen molar-refractivity contribution in [3.63, 3.8) is 0 Å². The number of rotatable bonds is 3. The Balaban J connectivity index is 1.96. The summed E-state index contributed by atoms with van der Waals surface area (Å²) in [5.74, 6) is -2.05. The summed E-state index contributed by atoms with van der Waals surface area (Å²) >= 11 is 0. The van der Waals surface area contributed by atoms with Crippen LogP contribution in [0.5, 0.6) is 0 Å². The molecule has 0 saturated carbocycles. The monoisotopic (exact) mass is 287 g/mol. The zero-order valence-electron chi connectivity index (χ0n) is 10.9. The van der Waals surface area contributed by atoms with Crippen LogP contribution in [0.4, 0.5) is 0 Å². The maximum absolute atomic E-state index is 11.6. The number of aromatic nitrogens is 3. The second kappa shape index (κ2) is 4.82. The quantitative estimate of drug-likeness (QED) is 0.606. The summed E-state index contributed by atoms with van der Waals surface area (Å²) in [5, 5.41) is 7.37. The number of nitrogens with zero attached hydrogens (tertiary/aromatic N) is 3. The van der Waals surface area contributed by atoms with Crippen LogP contribution in [-0.2, 0) is 9.47 Å². The van der Waals surface area contributed by atoms with E-state index in [-0.39, 0.29) is 18.0 Å². The van der Waals surface area contributed by atoms with E-state index in [4.69, 9.17) is 4.74 Å². The van der Waals surface area contributed by atoms with Crippen molar-refractivity contribution in [2.75, 3.05) is 6.61 Å². The molecule has 0 bridgehead atoms. The average Bonchev–Trinajstić information content (AvgIpc) is 3.02. The van der Waals surface area contributed by atoms with Gasteiger partial charge in [0.15, 0.2) is 5.69 Å². The molecule has 0 radical (unpaired) electrons. The first-order valence-corrected chi connectivity index (χ1v) is 6.11. The van der Waals surface area contributed by atoms with Crippen LogP contribution in [0.15, 0.2) is 24.3 Å². The smallest absolute Gasteiger partial charge is 0.369 e. The summed E-state index contributed by atoms with van der Waals surface area (Å²) < 4.78 is 10.5. The van der Waals surface area contributed by atoms with E-state index in [1.807, 2.05) is 0 Å². The maximum atomic E-state index is 11.6. The zero-order valence-corrected chi connectivity index (χ0v) is 10.9. The van der Waals surface area contributed by atoms with Crippen LogP contribution in [0.25, 0.3) is 5.69 Å². The van der Waals surface area contributed by atoms with Gasteiger partial charge in [0.2, 0.25) is 5.69 Å². The van der Waals surface area contributed by atoms with Crippen molar-refractivity contribution in [3.8, 4) is 5.69 Å². The molecular formula is C13H9N3O5.